The van der Waals surface area contributed by atoms with Crippen molar-refractivity contribution in [3.05, 3.63) is 54.6 Å². The molecule has 0 fully saturated rings. The second kappa shape index (κ2) is 8.10. The van der Waals surface area contributed by atoms with Gasteiger partial charge >= 0.3 is 6.01 Å². The maximum absolute atomic E-state index is 13.7. The predicted molar refractivity (Wildman–Crippen MR) is 95.5 cm³/mol. The third kappa shape index (κ3) is 4.47. The largest absolute Gasteiger partial charge is 0.340 e. The smallest absolute Gasteiger partial charge is 0.313 e. The van der Waals surface area contributed by atoms with E-state index in [2.05, 4.69) is 30.7 Å². The fourth-order valence-electron chi connectivity index (χ4n) is 2.13. The molecule has 0 aliphatic carbocycles. The summed E-state index contributed by atoms with van der Waals surface area (Å²) in [5.74, 6) is -1.40. The van der Waals surface area contributed by atoms with E-state index in [0.717, 1.165) is 12.1 Å². The zero-order valence-electron chi connectivity index (χ0n) is 14.5. The summed E-state index contributed by atoms with van der Waals surface area (Å²) < 4.78 is 45.1. The van der Waals surface area contributed by atoms with Gasteiger partial charge in [-0.05, 0) is 31.2 Å². The average molecular weight is 406 g/mol. The van der Waals surface area contributed by atoms with E-state index in [1.807, 2.05) is 0 Å². The first kappa shape index (κ1) is 19.4. The van der Waals surface area contributed by atoms with Crippen LogP contribution in [0.2, 0.25) is 0 Å². The second-order valence-electron chi connectivity index (χ2n) is 5.55. The van der Waals surface area contributed by atoms with Gasteiger partial charge in [0.05, 0.1) is 6.04 Å². The molecule has 1 atom stereocenters. The molecule has 3 aromatic rings. The third-order valence-electron chi connectivity index (χ3n) is 3.51. The highest BCUT2D eigenvalue weighted by molar-refractivity contribution is 7.89. The Labute approximate surface area is 159 Å². The number of nitrogens with one attached hydrogen (secondary N) is 3. The van der Waals surface area contributed by atoms with E-state index in [4.69, 9.17) is 4.52 Å². The van der Waals surface area contributed by atoms with Crippen molar-refractivity contribution in [1.29, 1.82) is 0 Å². The van der Waals surface area contributed by atoms with Gasteiger partial charge in [-0.1, -0.05) is 17.3 Å². The molecule has 2 heterocycles. The number of amides is 1. The summed E-state index contributed by atoms with van der Waals surface area (Å²) in [6.07, 6.45) is 3.12. The van der Waals surface area contributed by atoms with Gasteiger partial charge in [0.15, 0.2) is 0 Å². The van der Waals surface area contributed by atoms with Gasteiger partial charge in [-0.3, -0.25) is 15.2 Å². The SMILES string of the molecule is C[C@H](NS(=O)(=O)c1ccccc1F)C(=O)NNc1nc(-c2ccncc2)no1. The number of sulfonamides is 1. The second-order valence-corrected chi connectivity index (χ2v) is 7.23. The molecule has 0 spiro atoms. The maximum Gasteiger partial charge on any atom is 0.340 e. The van der Waals surface area contributed by atoms with Gasteiger partial charge in [-0.2, -0.15) is 9.71 Å². The Morgan fingerprint density at radius 2 is 1.89 bits per heavy atom. The summed E-state index contributed by atoms with van der Waals surface area (Å²) in [6.45, 7) is 1.30. The Kier molecular flexibility index (Phi) is 5.61. The van der Waals surface area contributed by atoms with Crippen molar-refractivity contribution in [2.45, 2.75) is 17.9 Å². The first-order valence-corrected chi connectivity index (χ1v) is 9.42. The number of pyridine rings is 1. The molecule has 0 radical (unpaired) electrons. The maximum atomic E-state index is 13.7. The van der Waals surface area contributed by atoms with Gasteiger partial charge in [0, 0.05) is 18.0 Å². The van der Waals surface area contributed by atoms with Gasteiger partial charge in [-0.15, -0.1) is 0 Å². The molecule has 1 aromatic carbocycles. The summed E-state index contributed by atoms with van der Waals surface area (Å²) in [4.78, 5) is 19.4. The van der Waals surface area contributed by atoms with E-state index >= 15 is 0 Å². The zero-order chi connectivity index (χ0) is 20.1. The first-order chi connectivity index (χ1) is 13.4. The topological polar surface area (TPSA) is 139 Å². The minimum atomic E-state index is -4.22. The highest BCUT2D eigenvalue weighted by Gasteiger charge is 2.24. The van der Waals surface area contributed by atoms with Gasteiger partial charge < -0.3 is 4.52 Å². The highest BCUT2D eigenvalue weighted by atomic mass is 32.2. The summed E-state index contributed by atoms with van der Waals surface area (Å²) >= 11 is 0. The lowest BCUT2D eigenvalue weighted by atomic mass is 10.3. The molecule has 28 heavy (non-hydrogen) atoms. The van der Waals surface area contributed by atoms with Crippen LogP contribution in [0, 0.1) is 5.82 Å². The lowest BCUT2D eigenvalue weighted by Crippen LogP contribution is -2.46. The fraction of sp³-hybridized carbons (Fsp3) is 0.125. The number of nitrogens with zero attached hydrogens (tertiary/aromatic N) is 3. The molecule has 0 saturated heterocycles. The molecule has 10 nitrogen and oxygen atoms in total. The van der Waals surface area contributed by atoms with E-state index in [-0.39, 0.29) is 11.8 Å². The van der Waals surface area contributed by atoms with Crippen molar-refractivity contribution in [2.24, 2.45) is 0 Å². The molecule has 2 aromatic heterocycles. The summed E-state index contributed by atoms with van der Waals surface area (Å²) in [7, 11) is -4.22. The normalized spacial score (nSPS) is 12.4. The van der Waals surface area contributed by atoms with Crippen LogP contribution in [0.15, 0.2) is 58.2 Å². The van der Waals surface area contributed by atoms with Gasteiger partial charge in [0.25, 0.3) is 5.91 Å². The highest BCUT2D eigenvalue weighted by Crippen LogP contribution is 2.16. The summed E-state index contributed by atoms with van der Waals surface area (Å²) in [6, 6.07) is 6.87. The average Bonchev–Trinajstić information content (AvgIpc) is 3.15. The molecular weight excluding hydrogens is 391 g/mol. The van der Waals surface area contributed by atoms with Crippen molar-refractivity contribution >= 4 is 21.9 Å². The molecular formula is C16H15FN6O4S. The first-order valence-electron chi connectivity index (χ1n) is 7.93. The lowest BCUT2D eigenvalue weighted by Gasteiger charge is -2.14. The van der Waals surface area contributed by atoms with Crippen LogP contribution in [-0.4, -0.2) is 35.5 Å². The molecule has 12 heteroatoms. The van der Waals surface area contributed by atoms with Crippen molar-refractivity contribution in [3.63, 3.8) is 0 Å². The molecule has 3 N–H and O–H groups in total. The van der Waals surface area contributed by atoms with Gasteiger partial charge in [-0.25, -0.2) is 18.2 Å². The number of anilines is 1. The molecule has 0 aliphatic heterocycles. The van der Waals surface area contributed by atoms with Crippen LogP contribution in [0.5, 0.6) is 0 Å². The van der Waals surface area contributed by atoms with E-state index in [0.29, 0.717) is 5.56 Å². The number of hydrogen-bond donors (Lipinski definition) is 3. The van der Waals surface area contributed by atoms with Gasteiger partial charge in [0.2, 0.25) is 15.8 Å². The van der Waals surface area contributed by atoms with E-state index in [1.54, 1.807) is 24.5 Å². The van der Waals surface area contributed by atoms with Crippen molar-refractivity contribution in [1.82, 2.24) is 25.3 Å². The molecule has 0 aliphatic rings. The van der Waals surface area contributed by atoms with Gasteiger partial charge in [0.1, 0.15) is 10.7 Å². The van der Waals surface area contributed by atoms with Crippen molar-refractivity contribution < 1.29 is 22.1 Å². The molecule has 0 bridgehead atoms. The van der Waals surface area contributed by atoms with E-state index < -0.39 is 32.7 Å². The minimum absolute atomic E-state index is 0.107. The number of hydrazine groups is 1. The quantitative estimate of drug-likeness (QED) is 0.495. The Balaban J connectivity index is 1.59. The summed E-state index contributed by atoms with van der Waals surface area (Å²) in [5, 5.41) is 3.74. The number of halogens is 1. The predicted octanol–water partition coefficient (Wildman–Crippen LogP) is 1.08. The number of carbonyl (C=O) groups excluding carboxylic acids is 1. The van der Waals surface area contributed by atoms with Crippen LogP contribution in [-0.2, 0) is 14.8 Å². The number of carbonyl (C=O) groups is 1. The van der Waals surface area contributed by atoms with Crippen LogP contribution in [0.3, 0.4) is 0 Å². The number of aromatic nitrogens is 3. The minimum Gasteiger partial charge on any atom is -0.313 e. The van der Waals surface area contributed by atoms with Crippen molar-refractivity contribution in [2.75, 3.05) is 5.43 Å². The number of hydrogen-bond acceptors (Lipinski definition) is 8. The molecule has 0 saturated carbocycles. The van der Waals surface area contributed by atoms with E-state index in [9.17, 15) is 17.6 Å². The molecule has 1 amide bonds. The Bertz CT molecular complexity index is 1070. The Morgan fingerprint density at radius 3 is 2.61 bits per heavy atom. The molecule has 3 rings (SSSR count). The van der Waals surface area contributed by atoms with Crippen LogP contribution in [0.25, 0.3) is 11.4 Å². The molecule has 146 valence electrons. The Morgan fingerprint density at radius 1 is 1.18 bits per heavy atom. The zero-order valence-corrected chi connectivity index (χ0v) is 15.3. The monoisotopic (exact) mass is 406 g/mol. The standard InChI is InChI=1S/C16H15FN6O4S/c1-10(23-28(25,26)13-5-3-2-4-12(13)17)15(24)20-21-16-19-14(22-27-16)11-6-8-18-9-7-11/h2-10,23H,1H3,(H,20,24)(H,19,21,22)/t10-/m0/s1. The van der Waals surface area contributed by atoms with E-state index in [1.165, 1.54) is 19.1 Å². The third-order valence-corrected chi connectivity index (χ3v) is 5.08. The van der Waals surface area contributed by atoms with Crippen LogP contribution in [0.1, 0.15) is 6.92 Å². The Hall–Kier alpha value is -3.38. The number of rotatable bonds is 7. The van der Waals surface area contributed by atoms with Crippen LogP contribution >= 0.6 is 0 Å². The fourth-order valence-corrected chi connectivity index (χ4v) is 3.41. The molecule has 0 unspecified atom stereocenters. The number of benzene rings is 1. The van der Waals surface area contributed by atoms with Crippen LogP contribution < -0.4 is 15.6 Å². The van der Waals surface area contributed by atoms with Crippen LogP contribution in [0.4, 0.5) is 10.4 Å². The summed E-state index contributed by atoms with van der Waals surface area (Å²) in [5.41, 5.74) is 5.28. The lowest BCUT2D eigenvalue weighted by molar-refractivity contribution is -0.121. The van der Waals surface area contributed by atoms with Crippen molar-refractivity contribution in [3.8, 4) is 11.4 Å².